The van der Waals surface area contributed by atoms with Crippen LogP contribution in [0.4, 0.5) is 11.4 Å². The summed E-state index contributed by atoms with van der Waals surface area (Å²) in [5.41, 5.74) is 9.90. The van der Waals surface area contributed by atoms with Crippen molar-refractivity contribution in [1.29, 1.82) is 0 Å². The molecule has 1 rings (SSSR count). The number of quaternary nitrogens is 2. The van der Waals surface area contributed by atoms with E-state index in [9.17, 15) is 0 Å². The second kappa shape index (κ2) is 19.6. The van der Waals surface area contributed by atoms with Crippen molar-refractivity contribution in [2.24, 2.45) is 0 Å². The molecule has 0 spiro atoms. The topological polar surface area (TPSA) is 73.7 Å². The largest absolute Gasteiger partial charge is 1.00 e. The molecule has 1 aromatic carbocycles. The molecule has 0 fully saturated rings. The first-order valence-corrected chi connectivity index (χ1v) is 10.8. The molecule has 4 nitrogen and oxygen atoms in total. The molecular weight excluding hydrogens is 395 g/mol. The summed E-state index contributed by atoms with van der Waals surface area (Å²) in [7, 11) is 0. The number of ether oxygens (including phenoxy) is 2. The molecule has 166 valence electrons. The Morgan fingerprint density at radius 2 is 0.893 bits per heavy atom. The lowest BCUT2D eigenvalue weighted by Gasteiger charge is -2.13. The van der Waals surface area contributed by atoms with Crippen LogP contribution in [0.1, 0.15) is 90.9 Å². The minimum Gasteiger partial charge on any atom is -1.00 e. The van der Waals surface area contributed by atoms with Crippen LogP contribution in [-0.2, 0) is 0 Å². The van der Waals surface area contributed by atoms with Gasteiger partial charge < -0.3 is 45.8 Å². The number of hydrogen-bond donors (Lipinski definition) is 2. The molecule has 0 amide bonds. The number of benzene rings is 1. The van der Waals surface area contributed by atoms with E-state index >= 15 is 0 Å². The van der Waals surface area contributed by atoms with Crippen molar-refractivity contribution in [3.63, 3.8) is 0 Å². The van der Waals surface area contributed by atoms with Gasteiger partial charge >= 0.3 is 0 Å². The Morgan fingerprint density at radius 3 is 1.25 bits per heavy atom. The number of unbranched alkanes of at least 4 members (excludes halogenated alkanes) is 10. The molecule has 0 radical (unpaired) electrons. The van der Waals surface area contributed by atoms with Gasteiger partial charge in [-0.15, -0.1) is 0 Å². The number of hydrogen-bond acceptors (Lipinski definition) is 2. The summed E-state index contributed by atoms with van der Waals surface area (Å²) in [6.07, 6.45) is 15.2. The first-order valence-electron chi connectivity index (χ1n) is 10.8. The fourth-order valence-corrected chi connectivity index (χ4v) is 3.00. The van der Waals surface area contributed by atoms with Crippen LogP contribution in [0.3, 0.4) is 0 Å². The lowest BCUT2D eigenvalue weighted by Crippen LogP contribution is -3.00. The van der Waals surface area contributed by atoms with Gasteiger partial charge in [-0.05, 0) is 12.8 Å². The summed E-state index contributed by atoms with van der Waals surface area (Å²) < 4.78 is 12.0. The van der Waals surface area contributed by atoms with E-state index in [0.717, 1.165) is 48.9 Å². The molecule has 28 heavy (non-hydrogen) atoms. The molecule has 0 saturated carbocycles. The summed E-state index contributed by atoms with van der Waals surface area (Å²) in [6.45, 7) is 5.99. The fraction of sp³-hybridized carbons (Fsp3) is 0.727. The minimum atomic E-state index is 0. The van der Waals surface area contributed by atoms with Gasteiger partial charge in [0.25, 0.3) is 0 Å². The van der Waals surface area contributed by atoms with E-state index in [-0.39, 0.29) is 24.8 Å². The fourth-order valence-electron chi connectivity index (χ4n) is 3.00. The molecular formula is C22H42Cl2N2O2. The molecule has 6 N–H and O–H groups in total. The first-order chi connectivity index (χ1) is 12.7. The monoisotopic (exact) mass is 436 g/mol. The quantitative estimate of drug-likeness (QED) is 0.323. The lowest BCUT2D eigenvalue weighted by molar-refractivity contribution is -0.299. The standard InChI is InChI=1S/C22H40N2O2.2ClH/c1-3-5-7-9-11-13-15-25-21-17-19(23)20(24)18-22(21)26-16-14-12-10-8-6-4-2;;/h17-18H,3-16,23-24H2,1-2H3;2*1H. The molecule has 0 aliphatic carbocycles. The SMILES string of the molecule is CCCCCCCCOc1cc([NH3+])c([NH3+])cc1OCCCCCCCC.[Cl-].[Cl-]. The van der Waals surface area contributed by atoms with Gasteiger partial charge in [0, 0.05) is 0 Å². The van der Waals surface area contributed by atoms with E-state index in [2.05, 4.69) is 25.3 Å². The smallest absolute Gasteiger partial charge is 0.193 e. The maximum atomic E-state index is 6.00. The van der Waals surface area contributed by atoms with Crippen LogP contribution in [0.15, 0.2) is 12.1 Å². The molecule has 6 heteroatoms. The second-order valence-electron chi connectivity index (χ2n) is 7.30. The zero-order chi connectivity index (χ0) is 19.0. The Labute approximate surface area is 184 Å². The van der Waals surface area contributed by atoms with Crippen LogP contribution in [0, 0.1) is 0 Å². The van der Waals surface area contributed by atoms with Crippen LogP contribution in [0.25, 0.3) is 0 Å². The molecule has 0 aliphatic rings. The molecule has 0 aliphatic heterocycles. The third-order valence-corrected chi connectivity index (χ3v) is 4.78. The van der Waals surface area contributed by atoms with E-state index in [4.69, 9.17) is 9.47 Å². The minimum absolute atomic E-state index is 0. The normalized spacial score (nSPS) is 10.1. The van der Waals surface area contributed by atoms with E-state index in [0.29, 0.717) is 0 Å². The van der Waals surface area contributed by atoms with Gasteiger partial charge in [0.05, 0.1) is 25.3 Å². The van der Waals surface area contributed by atoms with E-state index in [1.165, 1.54) is 64.2 Å². The van der Waals surface area contributed by atoms with Gasteiger partial charge in [-0.1, -0.05) is 78.1 Å². The summed E-state index contributed by atoms with van der Waals surface area (Å²) in [6, 6.07) is 3.94. The van der Waals surface area contributed by atoms with Gasteiger partial charge in [-0.3, -0.25) is 0 Å². The van der Waals surface area contributed by atoms with Crippen molar-refractivity contribution in [3.05, 3.63) is 12.1 Å². The Morgan fingerprint density at radius 1 is 0.571 bits per heavy atom. The van der Waals surface area contributed by atoms with Gasteiger partial charge in [0.1, 0.15) is 0 Å². The van der Waals surface area contributed by atoms with Crippen LogP contribution in [0.5, 0.6) is 11.5 Å². The van der Waals surface area contributed by atoms with Gasteiger partial charge in [0.2, 0.25) is 0 Å². The Kier molecular flexibility index (Phi) is 20.7. The van der Waals surface area contributed by atoms with Crippen molar-refractivity contribution in [2.75, 3.05) is 13.2 Å². The van der Waals surface area contributed by atoms with Gasteiger partial charge in [0.15, 0.2) is 22.9 Å². The van der Waals surface area contributed by atoms with Crippen molar-refractivity contribution >= 4 is 11.4 Å². The van der Waals surface area contributed by atoms with Crippen molar-refractivity contribution in [2.45, 2.75) is 90.9 Å². The van der Waals surface area contributed by atoms with Crippen LogP contribution in [0.2, 0.25) is 0 Å². The van der Waals surface area contributed by atoms with Crippen molar-refractivity contribution in [3.8, 4) is 11.5 Å². The lowest BCUT2D eigenvalue weighted by atomic mass is 10.1. The second-order valence-corrected chi connectivity index (χ2v) is 7.30. The maximum Gasteiger partial charge on any atom is 0.193 e. The predicted octanol–water partition coefficient (Wildman–Crippen LogP) is -1.08. The molecule has 0 saturated heterocycles. The number of rotatable bonds is 16. The number of halogens is 2. The Balaban J connectivity index is 0. The highest BCUT2D eigenvalue weighted by Crippen LogP contribution is 2.33. The van der Waals surface area contributed by atoms with Crippen molar-refractivity contribution in [1.82, 2.24) is 0 Å². The highest BCUT2D eigenvalue weighted by molar-refractivity contribution is 5.60. The zero-order valence-electron chi connectivity index (χ0n) is 18.0. The van der Waals surface area contributed by atoms with Crippen LogP contribution in [-0.4, -0.2) is 13.2 Å². The summed E-state index contributed by atoms with van der Waals surface area (Å²) in [5, 5.41) is 0. The highest BCUT2D eigenvalue weighted by Gasteiger charge is 2.13. The van der Waals surface area contributed by atoms with E-state index in [1.54, 1.807) is 0 Å². The third kappa shape index (κ3) is 13.5. The Hall–Kier alpha value is -0.680. The van der Waals surface area contributed by atoms with Crippen molar-refractivity contribution < 1.29 is 45.8 Å². The van der Waals surface area contributed by atoms with Crippen LogP contribution >= 0.6 is 0 Å². The molecule has 0 aromatic heterocycles. The Bertz CT molecular complexity index is 445. The molecule has 0 atom stereocenters. The van der Waals surface area contributed by atoms with E-state index < -0.39 is 0 Å². The highest BCUT2D eigenvalue weighted by atomic mass is 35.5. The average molecular weight is 437 g/mol. The predicted molar refractivity (Wildman–Crippen MR) is 109 cm³/mol. The summed E-state index contributed by atoms with van der Waals surface area (Å²) in [5.74, 6) is 1.64. The average Bonchev–Trinajstić information content (AvgIpc) is 2.63. The zero-order valence-corrected chi connectivity index (χ0v) is 19.6. The third-order valence-electron chi connectivity index (χ3n) is 4.78. The van der Waals surface area contributed by atoms with Crippen LogP contribution < -0.4 is 45.8 Å². The molecule has 0 bridgehead atoms. The summed E-state index contributed by atoms with van der Waals surface area (Å²) in [4.78, 5) is 0. The first kappa shape index (κ1) is 29.5. The van der Waals surface area contributed by atoms with E-state index in [1.807, 2.05) is 12.1 Å². The summed E-state index contributed by atoms with van der Waals surface area (Å²) >= 11 is 0. The van der Waals surface area contributed by atoms with Gasteiger partial charge in [-0.25, -0.2) is 0 Å². The molecule has 0 unspecified atom stereocenters. The molecule has 1 aromatic rings. The maximum absolute atomic E-state index is 6.00. The molecule has 0 heterocycles. The van der Waals surface area contributed by atoms with Gasteiger partial charge in [-0.2, -0.15) is 0 Å².